The fourth-order valence-corrected chi connectivity index (χ4v) is 4.51. The molecule has 0 spiro atoms. The van der Waals surface area contributed by atoms with Gasteiger partial charge in [-0.3, -0.25) is 14.4 Å². The van der Waals surface area contributed by atoms with Gasteiger partial charge in [0.05, 0.1) is 11.7 Å². The molecular weight excluding hydrogens is 488 g/mol. The van der Waals surface area contributed by atoms with E-state index in [0.717, 1.165) is 0 Å². The molecule has 37 heavy (non-hydrogen) atoms. The second-order valence-electron chi connectivity index (χ2n) is 9.06. The number of fused-ring (bicyclic) bond motifs is 2. The van der Waals surface area contributed by atoms with E-state index < -0.39 is 54.0 Å². The van der Waals surface area contributed by atoms with Crippen LogP contribution in [0.15, 0.2) is 24.3 Å². The number of aliphatic hydroxyl groups is 4. The zero-order valence-corrected chi connectivity index (χ0v) is 20.2. The summed E-state index contributed by atoms with van der Waals surface area (Å²) in [6, 6.07) is 5.23. The molecule has 5 unspecified atom stereocenters. The van der Waals surface area contributed by atoms with Gasteiger partial charge in [0.2, 0.25) is 6.29 Å². The molecule has 198 valence electrons. The first kappa shape index (κ1) is 26.7. The number of hydrogen-bond acceptors (Lipinski definition) is 11. The minimum atomic E-state index is -1.65. The van der Waals surface area contributed by atoms with Crippen LogP contribution >= 0.6 is 0 Å². The molecule has 0 radical (unpaired) electrons. The Morgan fingerprint density at radius 3 is 2.38 bits per heavy atom. The number of unbranched alkanes of at least 4 members (excludes halogenated alkanes) is 1. The first-order valence-electron chi connectivity index (χ1n) is 11.8. The lowest BCUT2D eigenvalue weighted by molar-refractivity contribution is -0.268. The smallest absolute Gasteiger partial charge is 0.308 e. The number of phenolic OH excluding ortho intramolecular Hbond substituents is 1. The molecule has 1 aliphatic carbocycles. The molecule has 0 saturated carbocycles. The Labute approximate surface area is 211 Å². The minimum Gasteiger partial charge on any atom is -0.507 e. The highest BCUT2D eigenvalue weighted by Crippen LogP contribution is 2.42. The van der Waals surface area contributed by atoms with Crippen LogP contribution in [0.2, 0.25) is 0 Å². The Morgan fingerprint density at radius 2 is 1.70 bits per heavy atom. The highest BCUT2D eigenvalue weighted by molar-refractivity contribution is 6.29. The van der Waals surface area contributed by atoms with Crippen molar-refractivity contribution in [1.82, 2.24) is 0 Å². The Bertz CT molecular complexity index is 1240. The molecule has 2 aliphatic rings. The molecule has 11 heteroatoms. The summed E-state index contributed by atoms with van der Waals surface area (Å²) in [5, 5.41) is 50.9. The maximum absolute atomic E-state index is 13.4. The number of carbonyl (C=O) groups excluding carboxylic acids is 3. The molecule has 11 nitrogen and oxygen atoms in total. The van der Waals surface area contributed by atoms with Crippen molar-refractivity contribution in [3.05, 3.63) is 52.1 Å². The normalized spacial score (nSPS) is 24.9. The van der Waals surface area contributed by atoms with Crippen molar-refractivity contribution in [2.45, 2.75) is 63.8 Å². The molecule has 1 aliphatic heterocycles. The van der Waals surface area contributed by atoms with Gasteiger partial charge in [-0.1, -0.05) is 0 Å². The molecule has 0 bridgehead atoms. The summed E-state index contributed by atoms with van der Waals surface area (Å²) in [6.45, 7) is 2.56. The quantitative estimate of drug-likeness (QED) is 0.169. The van der Waals surface area contributed by atoms with Crippen LogP contribution in [0.1, 0.15) is 64.1 Å². The number of aromatic hydroxyl groups is 1. The highest BCUT2D eigenvalue weighted by atomic mass is 16.7. The Balaban J connectivity index is 1.79. The third-order valence-corrected chi connectivity index (χ3v) is 6.46. The van der Waals surface area contributed by atoms with Gasteiger partial charge >= 0.3 is 5.97 Å². The maximum Gasteiger partial charge on any atom is 0.308 e. The molecule has 4 rings (SSSR count). The van der Waals surface area contributed by atoms with E-state index in [1.54, 1.807) is 0 Å². The predicted octanol–water partition coefficient (Wildman–Crippen LogP) is 0.614. The van der Waals surface area contributed by atoms with Gasteiger partial charge in [-0.05, 0) is 50.5 Å². The van der Waals surface area contributed by atoms with Crippen LogP contribution in [0.3, 0.4) is 0 Å². The molecule has 1 heterocycles. The summed E-state index contributed by atoms with van der Waals surface area (Å²) in [7, 11) is 0. The van der Waals surface area contributed by atoms with E-state index in [0.29, 0.717) is 12.8 Å². The van der Waals surface area contributed by atoms with E-state index in [2.05, 4.69) is 0 Å². The first-order valence-corrected chi connectivity index (χ1v) is 11.8. The molecule has 5 N–H and O–H groups in total. The van der Waals surface area contributed by atoms with Crippen LogP contribution in [-0.2, 0) is 16.0 Å². The number of ether oxygens (including phenoxy) is 3. The molecule has 0 aromatic heterocycles. The Hall–Kier alpha value is -3.35. The van der Waals surface area contributed by atoms with Gasteiger partial charge in [0, 0.05) is 35.8 Å². The van der Waals surface area contributed by atoms with E-state index in [4.69, 9.17) is 14.2 Å². The lowest BCUT2D eigenvalue weighted by atomic mass is 9.81. The van der Waals surface area contributed by atoms with Crippen molar-refractivity contribution in [2.75, 3.05) is 6.61 Å². The van der Waals surface area contributed by atoms with Crippen LogP contribution in [0.4, 0.5) is 0 Å². The standard InChI is InChI=1S/C26H28O11/c1-11-20(29)24(33)25(34)26(35-11)37-18-10-17-19(23(32)15(18)5-3-4-8-27)22(31)14-7-6-13(36-12(2)28)9-16(14)21(17)30/h6-7,9-11,20,24-27,29,32-34H,3-5,8H2,1-2H3. The molecule has 2 aromatic rings. The number of esters is 1. The van der Waals surface area contributed by atoms with E-state index >= 15 is 0 Å². The molecule has 1 fully saturated rings. The summed E-state index contributed by atoms with van der Waals surface area (Å²) in [5.41, 5.74) is -0.253. The zero-order valence-electron chi connectivity index (χ0n) is 20.2. The molecule has 0 amide bonds. The molecule has 2 aromatic carbocycles. The fourth-order valence-electron chi connectivity index (χ4n) is 4.51. The van der Waals surface area contributed by atoms with E-state index in [1.165, 1.54) is 38.1 Å². The maximum atomic E-state index is 13.4. The second kappa shape index (κ2) is 10.6. The van der Waals surface area contributed by atoms with Crippen molar-refractivity contribution in [3.8, 4) is 17.2 Å². The average molecular weight is 516 g/mol. The average Bonchev–Trinajstić information content (AvgIpc) is 2.85. The van der Waals surface area contributed by atoms with E-state index in [1.807, 2.05) is 0 Å². The number of hydrogen-bond donors (Lipinski definition) is 5. The Morgan fingerprint density at radius 1 is 0.973 bits per heavy atom. The van der Waals surface area contributed by atoms with Crippen molar-refractivity contribution < 1.29 is 54.1 Å². The summed E-state index contributed by atoms with van der Waals surface area (Å²) >= 11 is 0. The van der Waals surface area contributed by atoms with Gasteiger partial charge < -0.3 is 39.7 Å². The Kier molecular flexibility index (Phi) is 7.62. The summed E-state index contributed by atoms with van der Waals surface area (Å²) in [4.78, 5) is 38.1. The number of rotatable bonds is 7. The third kappa shape index (κ3) is 4.96. The van der Waals surface area contributed by atoms with Crippen LogP contribution < -0.4 is 9.47 Å². The van der Waals surface area contributed by atoms with Gasteiger partial charge in [-0.25, -0.2) is 0 Å². The first-order chi connectivity index (χ1) is 17.5. The SMILES string of the molecule is CC(=O)Oc1ccc2c(c1)C(=O)c1cc(OC3OC(C)C(O)C(O)C3O)c(CCCCO)c(O)c1C2=O. The zero-order chi connectivity index (χ0) is 27.0. The van der Waals surface area contributed by atoms with Gasteiger partial charge in [0.15, 0.2) is 11.6 Å². The van der Waals surface area contributed by atoms with Crippen LogP contribution in [-0.4, -0.2) is 80.4 Å². The number of aliphatic hydroxyl groups excluding tert-OH is 4. The largest absolute Gasteiger partial charge is 0.507 e. The number of benzene rings is 2. The lowest BCUT2D eigenvalue weighted by Crippen LogP contribution is -2.58. The van der Waals surface area contributed by atoms with Gasteiger partial charge in [0.25, 0.3) is 0 Å². The molecule has 1 saturated heterocycles. The van der Waals surface area contributed by atoms with Crippen LogP contribution in [0.25, 0.3) is 0 Å². The van der Waals surface area contributed by atoms with E-state index in [-0.39, 0.29) is 52.3 Å². The van der Waals surface area contributed by atoms with Crippen molar-refractivity contribution in [1.29, 1.82) is 0 Å². The van der Waals surface area contributed by atoms with Crippen molar-refractivity contribution in [3.63, 3.8) is 0 Å². The van der Waals surface area contributed by atoms with E-state index in [9.17, 15) is 39.9 Å². The number of ketones is 2. The summed E-state index contributed by atoms with van der Waals surface area (Å²) in [5.74, 6) is -2.35. The molecular formula is C26H28O11. The van der Waals surface area contributed by atoms with Crippen LogP contribution in [0.5, 0.6) is 17.2 Å². The van der Waals surface area contributed by atoms with Crippen LogP contribution in [0, 0.1) is 0 Å². The highest BCUT2D eigenvalue weighted by Gasteiger charge is 2.44. The summed E-state index contributed by atoms with van der Waals surface area (Å²) in [6.07, 6.45) is -6.02. The second-order valence-corrected chi connectivity index (χ2v) is 9.06. The molecule has 5 atom stereocenters. The third-order valence-electron chi connectivity index (χ3n) is 6.46. The lowest BCUT2D eigenvalue weighted by Gasteiger charge is -2.39. The van der Waals surface area contributed by atoms with Crippen molar-refractivity contribution in [2.24, 2.45) is 0 Å². The number of phenols is 1. The monoisotopic (exact) mass is 516 g/mol. The minimum absolute atomic E-state index is 0.0237. The van der Waals surface area contributed by atoms with Crippen molar-refractivity contribution >= 4 is 17.5 Å². The number of carbonyl (C=O) groups is 3. The fraction of sp³-hybridized carbons (Fsp3) is 0.423. The predicted molar refractivity (Wildman–Crippen MR) is 126 cm³/mol. The van der Waals surface area contributed by atoms with Gasteiger partial charge in [-0.15, -0.1) is 0 Å². The van der Waals surface area contributed by atoms with Gasteiger partial charge in [-0.2, -0.15) is 0 Å². The summed E-state index contributed by atoms with van der Waals surface area (Å²) < 4.78 is 16.3. The topological polar surface area (TPSA) is 180 Å². The van der Waals surface area contributed by atoms with Gasteiger partial charge in [0.1, 0.15) is 35.6 Å².